The Hall–Kier alpha value is -1.79. The number of carbonyl (C=O) groups is 1. The smallest absolute Gasteiger partial charge is 0.248 e. The molecule has 6 heteroatoms. The lowest BCUT2D eigenvalue weighted by atomic mass is 9.95. The van der Waals surface area contributed by atoms with Crippen molar-refractivity contribution < 1.29 is 24.1 Å². The fourth-order valence-electron chi connectivity index (χ4n) is 3.78. The summed E-state index contributed by atoms with van der Waals surface area (Å²) in [7, 11) is 3.16. The maximum absolute atomic E-state index is 12.6. The first-order valence-corrected chi connectivity index (χ1v) is 8.95. The van der Waals surface area contributed by atoms with Crippen LogP contribution in [0, 0.1) is 0 Å². The molecule has 1 aliphatic carbocycles. The van der Waals surface area contributed by atoms with Gasteiger partial charge in [0.1, 0.15) is 24.2 Å². The maximum Gasteiger partial charge on any atom is 0.248 e. The summed E-state index contributed by atoms with van der Waals surface area (Å²) in [5.74, 6) is 1.18. The lowest BCUT2D eigenvalue weighted by molar-refractivity contribution is -0.141. The number of nitrogens with zero attached hydrogens (tertiary/aromatic N) is 1. The molecule has 1 atom stereocenters. The van der Waals surface area contributed by atoms with Crippen molar-refractivity contribution in [3.8, 4) is 11.5 Å². The van der Waals surface area contributed by atoms with E-state index in [1.807, 2.05) is 0 Å². The Morgan fingerprint density at radius 2 is 1.84 bits per heavy atom. The van der Waals surface area contributed by atoms with Gasteiger partial charge >= 0.3 is 0 Å². The zero-order valence-corrected chi connectivity index (χ0v) is 15.0. The third-order valence-corrected chi connectivity index (χ3v) is 5.14. The molecule has 2 aliphatic rings. The first-order chi connectivity index (χ1) is 12.1. The highest BCUT2D eigenvalue weighted by atomic mass is 16.5. The highest BCUT2D eigenvalue weighted by Gasteiger charge is 2.32. The minimum Gasteiger partial charge on any atom is -0.496 e. The van der Waals surface area contributed by atoms with Gasteiger partial charge in [0.05, 0.1) is 26.9 Å². The van der Waals surface area contributed by atoms with Crippen molar-refractivity contribution in [1.82, 2.24) is 4.90 Å². The van der Waals surface area contributed by atoms with E-state index >= 15 is 0 Å². The molecule has 25 heavy (non-hydrogen) atoms. The number of amides is 1. The first kappa shape index (κ1) is 18.0. The van der Waals surface area contributed by atoms with E-state index < -0.39 is 6.10 Å². The van der Waals surface area contributed by atoms with Crippen molar-refractivity contribution in [1.29, 1.82) is 0 Å². The quantitative estimate of drug-likeness (QED) is 0.884. The number of carbonyl (C=O) groups excluding carboxylic acids is 1. The molecule has 1 aliphatic heterocycles. The molecule has 1 N–H and O–H groups in total. The van der Waals surface area contributed by atoms with Gasteiger partial charge in [-0.3, -0.25) is 4.79 Å². The van der Waals surface area contributed by atoms with E-state index in [1.54, 1.807) is 31.3 Å². The van der Waals surface area contributed by atoms with Crippen LogP contribution >= 0.6 is 0 Å². The Labute approximate surface area is 148 Å². The van der Waals surface area contributed by atoms with Crippen LogP contribution in [0.5, 0.6) is 11.5 Å². The second-order valence-electron chi connectivity index (χ2n) is 6.72. The summed E-state index contributed by atoms with van der Waals surface area (Å²) in [6, 6.07) is 3.58. The zero-order valence-electron chi connectivity index (χ0n) is 15.0. The van der Waals surface area contributed by atoms with Crippen molar-refractivity contribution in [2.24, 2.45) is 0 Å². The molecule has 0 saturated heterocycles. The van der Waals surface area contributed by atoms with Gasteiger partial charge in [0.25, 0.3) is 0 Å². The number of fused-ring (bicyclic) bond motifs is 1. The average Bonchev–Trinajstić information content (AvgIpc) is 2.65. The van der Waals surface area contributed by atoms with Gasteiger partial charge in [-0.25, -0.2) is 0 Å². The van der Waals surface area contributed by atoms with Gasteiger partial charge < -0.3 is 24.2 Å². The molecule has 3 rings (SSSR count). The van der Waals surface area contributed by atoms with Gasteiger partial charge in [-0.2, -0.15) is 0 Å². The summed E-state index contributed by atoms with van der Waals surface area (Å²) >= 11 is 0. The third-order valence-electron chi connectivity index (χ3n) is 5.14. The summed E-state index contributed by atoms with van der Waals surface area (Å²) in [6.07, 6.45) is 5.05. The molecule has 0 spiro atoms. The van der Waals surface area contributed by atoms with E-state index in [9.17, 15) is 9.90 Å². The molecule has 0 radical (unpaired) electrons. The zero-order chi connectivity index (χ0) is 17.8. The largest absolute Gasteiger partial charge is 0.496 e. The molecular formula is C19H27NO5. The van der Waals surface area contributed by atoms with E-state index in [0.717, 1.165) is 18.4 Å². The second kappa shape index (κ2) is 8.06. The Kier molecular flexibility index (Phi) is 5.81. The number of hydrogen-bond acceptors (Lipinski definition) is 5. The van der Waals surface area contributed by atoms with Crippen molar-refractivity contribution >= 4 is 5.91 Å². The molecule has 0 aromatic heterocycles. The SMILES string of the molecule is COc1ccc(OC)c2c1CN(C(=O)COC1CCCCC1)C[C@@H]2O. The van der Waals surface area contributed by atoms with Crippen molar-refractivity contribution in [2.45, 2.75) is 50.9 Å². The summed E-state index contributed by atoms with van der Waals surface area (Å²) < 4.78 is 16.6. The lowest BCUT2D eigenvalue weighted by Crippen LogP contribution is -2.41. The standard InChI is InChI=1S/C19H27NO5/c1-23-16-8-9-17(24-2)19-14(16)10-20(11-15(19)21)18(22)12-25-13-6-4-3-5-7-13/h8-9,13,15,21H,3-7,10-12H2,1-2H3/t15-/m0/s1. The Bertz CT molecular complexity index is 612. The van der Waals surface area contributed by atoms with Gasteiger partial charge in [-0.1, -0.05) is 19.3 Å². The number of hydrogen-bond donors (Lipinski definition) is 1. The van der Waals surface area contributed by atoms with Crippen LogP contribution in [-0.4, -0.2) is 49.4 Å². The summed E-state index contributed by atoms with van der Waals surface area (Å²) in [5, 5.41) is 10.6. The van der Waals surface area contributed by atoms with Crippen LogP contribution in [0.3, 0.4) is 0 Å². The Morgan fingerprint density at radius 1 is 1.16 bits per heavy atom. The maximum atomic E-state index is 12.6. The van der Waals surface area contributed by atoms with Crippen molar-refractivity contribution in [2.75, 3.05) is 27.4 Å². The third kappa shape index (κ3) is 3.90. The molecule has 1 amide bonds. The molecule has 1 saturated carbocycles. The van der Waals surface area contributed by atoms with Crippen LogP contribution in [0.4, 0.5) is 0 Å². The van der Waals surface area contributed by atoms with E-state index in [0.29, 0.717) is 23.6 Å². The van der Waals surface area contributed by atoms with Crippen LogP contribution in [0.15, 0.2) is 12.1 Å². The molecular weight excluding hydrogens is 322 g/mol. The minimum atomic E-state index is -0.799. The van der Waals surface area contributed by atoms with Crippen LogP contribution < -0.4 is 9.47 Å². The van der Waals surface area contributed by atoms with Crippen LogP contribution in [0.1, 0.15) is 49.3 Å². The lowest BCUT2D eigenvalue weighted by Gasteiger charge is -2.34. The molecule has 1 fully saturated rings. The van der Waals surface area contributed by atoms with E-state index in [1.165, 1.54) is 19.3 Å². The first-order valence-electron chi connectivity index (χ1n) is 8.95. The Morgan fingerprint density at radius 3 is 2.52 bits per heavy atom. The van der Waals surface area contributed by atoms with Gasteiger partial charge in [0.15, 0.2) is 0 Å². The van der Waals surface area contributed by atoms with Crippen molar-refractivity contribution in [3.63, 3.8) is 0 Å². The number of β-amino-alcohol motifs (C(OH)–C–C–N with tert-alkyl or cyclic N) is 1. The number of ether oxygens (including phenoxy) is 3. The fourth-order valence-corrected chi connectivity index (χ4v) is 3.78. The van der Waals surface area contributed by atoms with Crippen LogP contribution in [0.2, 0.25) is 0 Å². The van der Waals surface area contributed by atoms with E-state index in [2.05, 4.69) is 0 Å². The number of aliphatic hydroxyl groups excluding tert-OH is 1. The summed E-state index contributed by atoms with van der Waals surface area (Å²) in [4.78, 5) is 14.2. The average molecular weight is 349 g/mol. The Balaban J connectivity index is 1.70. The van der Waals surface area contributed by atoms with Gasteiger partial charge in [-0.15, -0.1) is 0 Å². The number of methoxy groups -OCH3 is 2. The molecule has 6 nitrogen and oxygen atoms in total. The number of aliphatic hydroxyl groups is 1. The monoisotopic (exact) mass is 349 g/mol. The van der Waals surface area contributed by atoms with Gasteiger partial charge in [-0.05, 0) is 25.0 Å². The number of rotatable bonds is 5. The predicted molar refractivity (Wildman–Crippen MR) is 92.7 cm³/mol. The predicted octanol–water partition coefficient (Wildman–Crippen LogP) is 2.43. The van der Waals surface area contributed by atoms with Gasteiger partial charge in [0.2, 0.25) is 5.91 Å². The minimum absolute atomic E-state index is 0.0685. The molecule has 1 aromatic carbocycles. The molecule has 0 unspecified atom stereocenters. The van der Waals surface area contributed by atoms with Crippen LogP contribution in [-0.2, 0) is 16.1 Å². The van der Waals surface area contributed by atoms with Crippen LogP contribution in [0.25, 0.3) is 0 Å². The highest BCUT2D eigenvalue weighted by Crippen LogP contribution is 2.39. The van der Waals surface area contributed by atoms with Gasteiger partial charge in [0, 0.05) is 17.7 Å². The fraction of sp³-hybridized carbons (Fsp3) is 0.632. The summed E-state index contributed by atoms with van der Waals surface area (Å²) in [6.45, 7) is 0.696. The van der Waals surface area contributed by atoms with E-state index in [4.69, 9.17) is 14.2 Å². The second-order valence-corrected chi connectivity index (χ2v) is 6.72. The molecule has 0 bridgehead atoms. The highest BCUT2D eigenvalue weighted by molar-refractivity contribution is 5.78. The normalized spacial score (nSPS) is 20.9. The molecule has 1 heterocycles. The molecule has 138 valence electrons. The van der Waals surface area contributed by atoms with Crippen molar-refractivity contribution in [3.05, 3.63) is 23.3 Å². The number of benzene rings is 1. The topological polar surface area (TPSA) is 68.2 Å². The molecule has 1 aromatic rings. The van der Waals surface area contributed by atoms with E-state index in [-0.39, 0.29) is 25.2 Å². The summed E-state index contributed by atoms with van der Waals surface area (Å²) in [5.41, 5.74) is 1.51.